The van der Waals surface area contributed by atoms with Gasteiger partial charge in [0, 0.05) is 24.2 Å². The molecule has 0 aliphatic carbocycles. The minimum atomic E-state index is 0.476. The summed E-state index contributed by atoms with van der Waals surface area (Å²) >= 11 is 0. The van der Waals surface area contributed by atoms with E-state index in [1.54, 1.807) is 0 Å². The fraction of sp³-hybridized carbons (Fsp3) is 0.500. The van der Waals surface area contributed by atoms with Gasteiger partial charge in [-0.3, -0.25) is 4.40 Å². The monoisotopic (exact) mass is 203 g/mol. The van der Waals surface area contributed by atoms with Gasteiger partial charge in [0.15, 0.2) is 5.65 Å². The van der Waals surface area contributed by atoms with E-state index in [9.17, 15) is 0 Å². The molecule has 78 valence electrons. The van der Waals surface area contributed by atoms with Gasteiger partial charge in [-0.25, -0.2) is 4.98 Å². The lowest BCUT2D eigenvalue weighted by molar-refractivity contribution is 0.688. The zero-order chi connectivity index (χ0) is 10.3. The third-order valence-corrected chi connectivity index (χ3v) is 2.89. The summed E-state index contributed by atoms with van der Waals surface area (Å²) in [4.78, 5) is 4.27. The van der Waals surface area contributed by atoms with E-state index in [-0.39, 0.29) is 0 Å². The number of hydrogen-bond acceptors (Lipinski definition) is 4. The van der Waals surface area contributed by atoms with Gasteiger partial charge in [0.2, 0.25) is 0 Å². The van der Waals surface area contributed by atoms with E-state index in [4.69, 9.17) is 0 Å². The molecule has 1 aliphatic heterocycles. The summed E-state index contributed by atoms with van der Waals surface area (Å²) < 4.78 is 1.99. The van der Waals surface area contributed by atoms with Crippen molar-refractivity contribution in [3.63, 3.8) is 0 Å². The lowest BCUT2D eigenvalue weighted by atomic mass is 10.1. The Morgan fingerprint density at radius 1 is 1.47 bits per heavy atom. The smallest absolute Gasteiger partial charge is 0.163 e. The van der Waals surface area contributed by atoms with E-state index in [1.807, 2.05) is 23.7 Å². The number of aryl methyl sites for hydroxylation is 1. The molecule has 5 nitrogen and oxygen atoms in total. The molecule has 5 heteroatoms. The molecule has 2 aromatic rings. The van der Waals surface area contributed by atoms with Crippen LogP contribution in [0.2, 0.25) is 0 Å². The van der Waals surface area contributed by atoms with E-state index in [2.05, 4.69) is 20.5 Å². The molecule has 1 fully saturated rings. The lowest BCUT2D eigenvalue weighted by Crippen LogP contribution is -2.10. The van der Waals surface area contributed by atoms with Gasteiger partial charge >= 0.3 is 0 Å². The van der Waals surface area contributed by atoms with Gasteiger partial charge in [0.05, 0.1) is 0 Å². The highest BCUT2D eigenvalue weighted by Crippen LogP contribution is 2.20. The topological polar surface area (TPSA) is 55.1 Å². The highest BCUT2D eigenvalue weighted by atomic mass is 15.3. The van der Waals surface area contributed by atoms with Gasteiger partial charge in [-0.05, 0) is 19.9 Å². The molecule has 0 aromatic carbocycles. The van der Waals surface area contributed by atoms with Crippen molar-refractivity contribution in [2.24, 2.45) is 0 Å². The summed E-state index contributed by atoms with van der Waals surface area (Å²) in [6.07, 6.45) is 2.95. The molecule has 2 aromatic heterocycles. The molecular weight excluding hydrogens is 190 g/mol. The third-order valence-electron chi connectivity index (χ3n) is 2.89. The molecular formula is C10H13N5. The maximum Gasteiger partial charge on any atom is 0.163 e. The van der Waals surface area contributed by atoms with Gasteiger partial charge in [-0.2, -0.15) is 0 Å². The SMILES string of the molecule is Cc1cc2nnc(C3CCNC3)n2cn1. The molecule has 15 heavy (non-hydrogen) atoms. The van der Waals surface area contributed by atoms with Crippen LogP contribution in [0.3, 0.4) is 0 Å². The van der Waals surface area contributed by atoms with Gasteiger partial charge in [-0.15, -0.1) is 10.2 Å². The molecule has 0 amide bonds. The Balaban J connectivity index is 2.11. The molecule has 1 atom stereocenters. The largest absolute Gasteiger partial charge is 0.316 e. The maximum atomic E-state index is 4.27. The Labute approximate surface area is 87.5 Å². The van der Waals surface area contributed by atoms with Crippen LogP contribution < -0.4 is 5.32 Å². The first kappa shape index (κ1) is 8.79. The van der Waals surface area contributed by atoms with E-state index in [0.29, 0.717) is 5.92 Å². The third kappa shape index (κ3) is 1.39. The molecule has 1 unspecified atom stereocenters. The zero-order valence-corrected chi connectivity index (χ0v) is 8.64. The standard InChI is InChI=1S/C10H13N5/c1-7-4-9-13-14-10(15(9)6-12-7)8-2-3-11-5-8/h4,6,8,11H,2-3,5H2,1H3. The number of nitrogens with one attached hydrogen (secondary N) is 1. The quantitative estimate of drug-likeness (QED) is 0.733. The molecule has 1 N–H and O–H groups in total. The number of fused-ring (bicyclic) bond motifs is 1. The van der Waals surface area contributed by atoms with Crippen LogP contribution in [0.5, 0.6) is 0 Å². The van der Waals surface area contributed by atoms with Crippen LogP contribution in [0.25, 0.3) is 5.65 Å². The molecule has 1 aliphatic rings. The van der Waals surface area contributed by atoms with Crippen molar-refractivity contribution in [1.29, 1.82) is 0 Å². The molecule has 3 rings (SSSR count). The number of hydrogen-bond donors (Lipinski definition) is 1. The summed E-state index contributed by atoms with van der Waals surface area (Å²) in [5, 5.41) is 11.8. The van der Waals surface area contributed by atoms with Crippen LogP contribution >= 0.6 is 0 Å². The number of rotatable bonds is 1. The first-order valence-electron chi connectivity index (χ1n) is 5.22. The Hall–Kier alpha value is -1.49. The van der Waals surface area contributed by atoms with Crippen molar-refractivity contribution >= 4 is 5.65 Å². The van der Waals surface area contributed by atoms with E-state index < -0.39 is 0 Å². The van der Waals surface area contributed by atoms with Crippen LogP contribution in [-0.4, -0.2) is 32.7 Å². The minimum absolute atomic E-state index is 0.476. The Kier molecular flexibility index (Phi) is 1.92. The Morgan fingerprint density at radius 2 is 2.40 bits per heavy atom. The number of aromatic nitrogens is 4. The van der Waals surface area contributed by atoms with E-state index in [0.717, 1.165) is 36.7 Å². The van der Waals surface area contributed by atoms with Crippen LogP contribution in [0.1, 0.15) is 23.9 Å². The normalized spacial score (nSPS) is 21.3. The summed E-state index contributed by atoms with van der Waals surface area (Å²) in [5.74, 6) is 1.51. The first-order valence-corrected chi connectivity index (χ1v) is 5.22. The molecule has 0 bridgehead atoms. The average Bonchev–Trinajstić information content (AvgIpc) is 2.82. The summed E-state index contributed by atoms with van der Waals surface area (Å²) in [6.45, 7) is 4.03. The van der Waals surface area contributed by atoms with Crippen LogP contribution in [0.4, 0.5) is 0 Å². The van der Waals surface area contributed by atoms with Gasteiger partial charge < -0.3 is 5.32 Å². The fourth-order valence-electron chi connectivity index (χ4n) is 2.06. The van der Waals surface area contributed by atoms with Crippen LogP contribution in [0, 0.1) is 6.92 Å². The fourth-order valence-corrected chi connectivity index (χ4v) is 2.06. The second kappa shape index (κ2) is 3.27. The minimum Gasteiger partial charge on any atom is -0.316 e. The molecule has 0 radical (unpaired) electrons. The summed E-state index contributed by atoms with van der Waals surface area (Å²) in [5.41, 5.74) is 1.87. The highest BCUT2D eigenvalue weighted by Gasteiger charge is 2.21. The lowest BCUT2D eigenvalue weighted by Gasteiger charge is -2.05. The van der Waals surface area contributed by atoms with Crippen molar-refractivity contribution < 1.29 is 0 Å². The zero-order valence-electron chi connectivity index (χ0n) is 8.64. The predicted octanol–water partition coefficient (Wildman–Crippen LogP) is 0.510. The molecule has 0 spiro atoms. The predicted molar refractivity (Wildman–Crippen MR) is 55.7 cm³/mol. The molecule has 0 saturated carbocycles. The second-order valence-electron chi connectivity index (χ2n) is 4.01. The van der Waals surface area contributed by atoms with E-state index >= 15 is 0 Å². The van der Waals surface area contributed by atoms with Crippen molar-refractivity contribution in [2.45, 2.75) is 19.3 Å². The van der Waals surface area contributed by atoms with Gasteiger partial charge in [-0.1, -0.05) is 0 Å². The van der Waals surface area contributed by atoms with E-state index in [1.165, 1.54) is 0 Å². The van der Waals surface area contributed by atoms with Crippen LogP contribution in [-0.2, 0) is 0 Å². The van der Waals surface area contributed by atoms with Crippen molar-refractivity contribution in [3.05, 3.63) is 23.9 Å². The molecule has 3 heterocycles. The first-order chi connectivity index (χ1) is 7.34. The van der Waals surface area contributed by atoms with Crippen LogP contribution in [0.15, 0.2) is 12.4 Å². The Bertz CT molecular complexity index is 484. The summed E-state index contributed by atoms with van der Waals surface area (Å²) in [7, 11) is 0. The second-order valence-corrected chi connectivity index (χ2v) is 4.01. The average molecular weight is 203 g/mol. The van der Waals surface area contributed by atoms with Crippen molar-refractivity contribution in [1.82, 2.24) is 24.9 Å². The Morgan fingerprint density at radius 3 is 3.20 bits per heavy atom. The van der Waals surface area contributed by atoms with Gasteiger partial charge in [0.1, 0.15) is 12.2 Å². The van der Waals surface area contributed by atoms with Gasteiger partial charge in [0.25, 0.3) is 0 Å². The van der Waals surface area contributed by atoms with Crippen molar-refractivity contribution in [3.8, 4) is 0 Å². The van der Waals surface area contributed by atoms with Crippen molar-refractivity contribution in [2.75, 3.05) is 13.1 Å². The molecule has 1 saturated heterocycles. The highest BCUT2D eigenvalue weighted by molar-refractivity contribution is 5.38. The summed E-state index contributed by atoms with van der Waals surface area (Å²) in [6, 6.07) is 1.96. The maximum absolute atomic E-state index is 4.27. The number of nitrogens with zero attached hydrogens (tertiary/aromatic N) is 4.